The summed E-state index contributed by atoms with van der Waals surface area (Å²) in [5.74, 6) is -0.217. The van der Waals surface area contributed by atoms with Crippen molar-refractivity contribution in [2.24, 2.45) is 0 Å². The van der Waals surface area contributed by atoms with Crippen molar-refractivity contribution in [1.29, 1.82) is 0 Å². The van der Waals surface area contributed by atoms with Gasteiger partial charge < -0.3 is 14.3 Å². The molecule has 1 N–H and O–H groups in total. The molecule has 0 spiro atoms. The minimum absolute atomic E-state index is 0.223. The van der Waals surface area contributed by atoms with E-state index in [2.05, 4.69) is 4.90 Å². The Morgan fingerprint density at radius 2 is 2.39 bits per heavy atom. The van der Waals surface area contributed by atoms with Gasteiger partial charge in [0.05, 0.1) is 24.8 Å². The average Bonchev–Trinajstić information content (AvgIpc) is 2.97. The lowest BCUT2D eigenvalue weighted by Gasteiger charge is -2.37. The molecule has 0 radical (unpaired) electrons. The van der Waals surface area contributed by atoms with Crippen LogP contribution in [0.3, 0.4) is 0 Å². The SMILES string of the molecule is O=C(O)c1coc(CN2CCOC3CCCC32)c1. The maximum Gasteiger partial charge on any atom is 0.338 e. The van der Waals surface area contributed by atoms with Gasteiger partial charge in [-0.3, -0.25) is 4.90 Å². The molecule has 0 bridgehead atoms. The lowest BCUT2D eigenvalue weighted by molar-refractivity contribution is -0.0606. The molecule has 1 aromatic heterocycles. The van der Waals surface area contributed by atoms with Gasteiger partial charge in [0.25, 0.3) is 0 Å². The Morgan fingerprint density at radius 3 is 3.17 bits per heavy atom. The van der Waals surface area contributed by atoms with Crippen molar-refractivity contribution in [2.45, 2.75) is 38.0 Å². The van der Waals surface area contributed by atoms with E-state index in [1.807, 2.05) is 0 Å². The molecule has 5 heteroatoms. The van der Waals surface area contributed by atoms with E-state index in [0.29, 0.717) is 18.7 Å². The zero-order chi connectivity index (χ0) is 12.5. The number of furan rings is 1. The summed E-state index contributed by atoms with van der Waals surface area (Å²) in [5, 5.41) is 8.86. The molecule has 2 atom stereocenters. The number of aromatic carboxylic acids is 1. The molecular weight excluding hydrogens is 234 g/mol. The summed E-state index contributed by atoms with van der Waals surface area (Å²) in [6.45, 7) is 2.33. The summed E-state index contributed by atoms with van der Waals surface area (Å²) < 4.78 is 11.1. The molecule has 98 valence electrons. The third-order valence-corrected chi connectivity index (χ3v) is 3.86. The van der Waals surface area contributed by atoms with Gasteiger partial charge in [0.1, 0.15) is 12.0 Å². The molecule has 1 aromatic rings. The standard InChI is InChI=1S/C13H17NO4/c15-13(16)9-6-10(18-8-9)7-14-4-5-17-12-3-1-2-11(12)14/h6,8,11-12H,1-5,7H2,(H,15,16). The highest BCUT2D eigenvalue weighted by atomic mass is 16.5. The van der Waals surface area contributed by atoms with Crippen molar-refractivity contribution in [3.8, 4) is 0 Å². The van der Waals surface area contributed by atoms with Gasteiger partial charge >= 0.3 is 5.97 Å². The fourth-order valence-corrected chi connectivity index (χ4v) is 2.98. The largest absolute Gasteiger partial charge is 0.478 e. The van der Waals surface area contributed by atoms with Gasteiger partial charge in [-0.1, -0.05) is 0 Å². The first-order valence-electron chi connectivity index (χ1n) is 6.40. The van der Waals surface area contributed by atoms with Gasteiger partial charge in [-0.15, -0.1) is 0 Å². The molecule has 0 aromatic carbocycles. The number of ether oxygens (including phenoxy) is 1. The third-order valence-electron chi connectivity index (χ3n) is 3.86. The molecule has 2 unspecified atom stereocenters. The molecule has 2 fully saturated rings. The number of rotatable bonds is 3. The second-order valence-electron chi connectivity index (χ2n) is 4.98. The van der Waals surface area contributed by atoms with Crippen molar-refractivity contribution >= 4 is 5.97 Å². The summed E-state index contributed by atoms with van der Waals surface area (Å²) >= 11 is 0. The number of carboxylic acids is 1. The van der Waals surface area contributed by atoms with Crippen LogP contribution in [0.4, 0.5) is 0 Å². The molecule has 0 amide bonds. The molecule has 1 aliphatic heterocycles. The van der Waals surface area contributed by atoms with E-state index >= 15 is 0 Å². The number of carboxylic acid groups (broad SMARTS) is 1. The van der Waals surface area contributed by atoms with Crippen LogP contribution in [-0.4, -0.2) is 41.3 Å². The van der Waals surface area contributed by atoms with Crippen molar-refractivity contribution in [1.82, 2.24) is 4.90 Å². The van der Waals surface area contributed by atoms with Gasteiger partial charge in [-0.25, -0.2) is 4.79 Å². The molecule has 1 saturated carbocycles. The topological polar surface area (TPSA) is 62.9 Å². The Bertz CT molecular complexity index is 442. The van der Waals surface area contributed by atoms with E-state index in [0.717, 1.165) is 31.8 Å². The van der Waals surface area contributed by atoms with Crippen molar-refractivity contribution in [3.05, 3.63) is 23.7 Å². The van der Waals surface area contributed by atoms with E-state index in [4.69, 9.17) is 14.3 Å². The third kappa shape index (κ3) is 2.15. The van der Waals surface area contributed by atoms with Crippen molar-refractivity contribution < 1.29 is 19.1 Å². The van der Waals surface area contributed by atoms with Crippen molar-refractivity contribution in [2.75, 3.05) is 13.2 Å². The number of morpholine rings is 1. The van der Waals surface area contributed by atoms with Gasteiger partial charge in [-0.2, -0.15) is 0 Å². The van der Waals surface area contributed by atoms with Gasteiger partial charge in [0.15, 0.2) is 0 Å². The molecule has 1 saturated heterocycles. The molecule has 2 aliphatic rings. The molecular formula is C13H17NO4. The van der Waals surface area contributed by atoms with E-state index in [1.54, 1.807) is 6.07 Å². The summed E-state index contributed by atoms with van der Waals surface area (Å²) in [7, 11) is 0. The Kier molecular flexibility index (Phi) is 3.09. The number of carbonyl (C=O) groups is 1. The van der Waals surface area contributed by atoms with Crippen LogP contribution in [0, 0.1) is 0 Å². The Balaban J connectivity index is 1.69. The Hall–Kier alpha value is -1.33. The molecule has 3 rings (SSSR count). The Labute approximate surface area is 105 Å². The first-order valence-corrected chi connectivity index (χ1v) is 6.40. The van der Waals surface area contributed by atoms with Crippen LogP contribution in [0.25, 0.3) is 0 Å². The monoisotopic (exact) mass is 251 g/mol. The van der Waals surface area contributed by atoms with Crippen LogP contribution in [0.5, 0.6) is 0 Å². The summed E-state index contributed by atoms with van der Waals surface area (Å²) in [6, 6.07) is 2.08. The quantitative estimate of drug-likeness (QED) is 0.886. The van der Waals surface area contributed by atoms with Gasteiger partial charge in [-0.05, 0) is 25.3 Å². The lowest BCUT2D eigenvalue weighted by atomic mass is 10.1. The highest BCUT2D eigenvalue weighted by molar-refractivity contribution is 5.87. The van der Waals surface area contributed by atoms with Crippen LogP contribution in [0.15, 0.2) is 16.7 Å². The first-order chi connectivity index (χ1) is 8.74. The van der Waals surface area contributed by atoms with E-state index in [1.165, 1.54) is 12.7 Å². The smallest absolute Gasteiger partial charge is 0.338 e. The normalized spacial score (nSPS) is 28.2. The molecule has 2 heterocycles. The zero-order valence-corrected chi connectivity index (χ0v) is 10.2. The predicted molar refractivity (Wildman–Crippen MR) is 63.5 cm³/mol. The lowest BCUT2D eigenvalue weighted by Crippen LogP contribution is -2.47. The van der Waals surface area contributed by atoms with E-state index < -0.39 is 5.97 Å². The van der Waals surface area contributed by atoms with E-state index in [9.17, 15) is 4.79 Å². The molecule has 1 aliphatic carbocycles. The molecule has 18 heavy (non-hydrogen) atoms. The van der Waals surface area contributed by atoms with Crippen LogP contribution in [0.2, 0.25) is 0 Å². The van der Waals surface area contributed by atoms with Gasteiger partial charge in [0.2, 0.25) is 0 Å². The van der Waals surface area contributed by atoms with Crippen LogP contribution in [0.1, 0.15) is 35.4 Å². The highest BCUT2D eigenvalue weighted by Gasteiger charge is 2.36. The summed E-state index contributed by atoms with van der Waals surface area (Å²) in [4.78, 5) is 13.1. The average molecular weight is 251 g/mol. The highest BCUT2D eigenvalue weighted by Crippen LogP contribution is 2.30. The second kappa shape index (κ2) is 4.74. The zero-order valence-electron chi connectivity index (χ0n) is 10.2. The molecule has 5 nitrogen and oxygen atoms in total. The predicted octanol–water partition coefficient (Wildman–Crippen LogP) is 1.73. The minimum Gasteiger partial charge on any atom is -0.478 e. The fourth-order valence-electron chi connectivity index (χ4n) is 2.98. The van der Waals surface area contributed by atoms with Crippen LogP contribution < -0.4 is 0 Å². The number of hydrogen-bond acceptors (Lipinski definition) is 4. The van der Waals surface area contributed by atoms with Gasteiger partial charge in [0, 0.05) is 12.6 Å². The van der Waals surface area contributed by atoms with Crippen molar-refractivity contribution in [3.63, 3.8) is 0 Å². The summed E-state index contributed by atoms with van der Waals surface area (Å²) in [5.41, 5.74) is 0.223. The first kappa shape index (κ1) is 11.7. The minimum atomic E-state index is -0.939. The number of fused-ring (bicyclic) bond motifs is 1. The second-order valence-corrected chi connectivity index (χ2v) is 4.98. The van der Waals surface area contributed by atoms with Crippen LogP contribution in [-0.2, 0) is 11.3 Å². The van der Waals surface area contributed by atoms with Crippen LogP contribution >= 0.6 is 0 Å². The number of nitrogens with zero attached hydrogens (tertiary/aromatic N) is 1. The summed E-state index contributed by atoms with van der Waals surface area (Å²) in [6.07, 6.45) is 5.18. The van der Waals surface area contributed by atoms with E-state index in [-0.39, 0.29) is 5.56 Å². The number of hydrogen-bond donors (Lipinski definition) is 1. The fraction of sp³-hybridized carbons (Fsp3) is 0.615. The maximum atomic E-state index is 10.8. The maximum absolute atomic E-state index is 10.8. The Morgan fingerprint density at radius 1 is 1.50 bits per heavy atom.